The van der Waals surface area contributed by atoms with Crippen molar-refractivity contribution in [3.8, 4) is 0 Å². The zero-order valence-corrected chi connectivity index (χ0v) is 13.8. The molecule has 2 heterocycles. The molecular formula is C17H30N4. The molecule has 1 N–H and O–H groups in total. The van der Waals surface area contributed by atoms with Crippen LogP contribution in [0.2, 0.25) is 0 Å². The third-order valence-electron chi connectivity index (χ3n) is 4.43. The molecule has 0 aliphatic carbocycles. The van der Waals surface area contributed by atoms with Crippen molar-refractivity contribution in [2.24, 2.45) is 0 Å². The maximum atomic E-state index is 4.76. The number of aromatic nitrogens is 1. The zero-order valence-electron chi connectivity index (χ0n) is 13.8. The van der Waals surface area contributed by atoms with Gasteiger partial charge in [0.1, 0.15) is 0 Å². The molecule has 1 aliphatic rings. The maximum absolute atomic E-state index is 4.76. The Morgan fingerprint density at radius 1 is 1.14 bits per heavy atom. The Morgan fingerprint density at radius 3 is 2.52 bits per heavy atom. The lowest BCUT2D eigenvalue weighted by atomic mass is 10.2. The highest BCUT2D eigenvalue weighted by atomic mass is 15.3. The second-order valence-corrected chi connectivity index (χ2v) is 5.97. The van der Waals surface area contributed by atoms with Crippen LogP contribution in [-0.2, 0) is 13.1 Å². The summed E-state index contributed by atoms with van der Waals surface area (Å²) in [7, 11) is 0. The monoisotopic (exact) mass is 290 g/mol. The summed E-state index contributed by atoms with van der Waals surface area (Å²) in [5.74, 6) is 0. The summed E-state index contributed by atoms with van der Waals surface area (Å²) in [4.78, 5) is 9.89. The summed E-state index contributed by atoms with van der Waals surface area (Å²) in [6.07, 6.45) is 1.24. The maximum Gasteiger partial charge on any atom is 0.0547 e. The third kappa shape index (κ3) is 5.06. The summed E-state index contributed by atoms with van der Waals surface area (Å²) in [6.45, 7) is 14.3. The second-order valence-electron chi connectivity index (χ2n) is 5.97. The Labute approximate surface area is 129 Å². The molecule has 0 bridgehead atoms. The summed E-state index contributed by atoms with van der Waals surface area (Å²) >= 11 is 0. The van der Waals surface area contributed by atoms with E-state index in [2.05, 4.69) is 54.1 Å². The Kier molecular flexibility index (Phi) is 6.61. The zero-order chi connectivity index (χ0) is 15.1. The minimum Gasteiger partial charge on any atom is -0.311 e. The number of rotatable bonds is 7. The van der Waals surface area contributed by atoms with E-state index in [1.165, 1.54) is 25.2 Å². The van der Waals surface area contributed by atoms with Crippen LogP contribution in [0.4, 0.5) is 0 Å². The van der Waals surface area contributed by atoms with E-state index in [0.717, 1.165) is 38.4 Å². The fraction of sp³-hybridized carbons (Fsp3) is 0.706. The highest BCUT2D eigenvalue weighted by Crippen LogP contribution is 2.11. The Balaban J connectivity index is 1.83. The average molecular weight is 290 g/mol. The number of hydrogen-bond acceptors (Lipinski definition) is 4. The van der Waals surface area contributed by atoms with Crippen LogP contribution >= 0.6 is 0 Å². The first-order valence-electron chi connectivity index (χ1n) is 8.34. The van der Waals surface area contributed by atoms with Gasteiger partial charge < -0.3 is 5.32 Å². The van der Waals surface area contributed by atoms with Crippen molar-refractivity contribution < 1.29 is 0 Å². The van der Waals surface area contributed by atoms with E-state index in [4.69, 9.17) is 4.98 Å². The van der Waals surface area contributed by atoms with Gasteiger partial charge in [0.2, 0.25) is 0 Å². The van der Waals surface area contributed by atoms with Crippen LogP contribution in [0.15, 0.2) is 18.2 Å². The molecule has 0 aromatic carbocycles. The lowest BCUT2D eigenvalue weighted by Gasteiger charge is -2.37. The van der Waals surface area contributed by atoms with Gasteiger partial charge in [-0.15, -0.1) is 0 Å². The average Bonchev–Trinajstić information content (AvgIpc) is 2.53. The van der Waals surface area contributed by atoms with Gasteiger partial charge in [-0.25, -0.2) is 0 Å². The van der Waals surface area contributed by atoms with E-state index in [-0.39, 0.29) is 0 Å². The first kappa shape index (κ1) is 16.4. The third-order valence-corrected chi connectivity index (χ3v) is 4.43. The Morgan fingerprint density at radius 2 is 1.86 bits per heavy atom. The van der Waals surface area contributed by atoms with Crippen LogP contribution in [0, 0.1) is 0 Å². The normalized spacial score (nSPS) is 18.8. The number of nitrogens with zero attached hydrogens (tertiary/aromatic N) is 3. The largest absolute Gasteiger partial charge is 0.311 e. The van der Waals surface area contributed by atoms with E-state index < -0.39 is 0 Å². The van der Waals surface area contributed by atoms with Crippen molar-refractivity contribution in [2.75, 3.05) is 32.7 Å². The minimum atomic E-state index is 0.716. The molecule has 1 unspecified atom stereocenters. The van der Waals surface area contributed by atoms with Gasteiger partial charge in [0.25, 0.3) is 0 Å². The molecular weight excluding hydrogens is 260 g/mol. The minimum absolute atomic E-state index is 0.716. The highest BCUT2D eigenvalue weighted by Gasteiger charge is 2.20. The molecule has 1 fully saturated rings. The van der Waals surface area contributed by atoms with Gasteiger partial charge in [-0.05, 0) is 32.0 Å². The molecule has 118 valence electrons. The van der Waals surface area contributed by atoms with Gasteiger partial charge in [0.15, 0.2) is 0 Å². The van der Waals surface area contributed by atoms with E-state index in [1.807, 2.05) is 0 Å². The quantitative estimate of drug-likeness (QED) is 0.833. The molecule has 1 aromatic rings. The molecule has 0 radical (unpaired) electrons. The molecule has 0 amide bonds. The van der Waals surface area contributed by atoms with Crippen LogP contribution in [0.5, 0.6) is 0 Å². The van der Waals surface area contributed by atoms with Crippen LogP contribution in [0.1, 0.15) is 38.6 Å². The SMILES string of the molecule is CCNCc1cccc(CN2CCN(C(C)CC)CC2)n1. The van der Waals surface area contributed by atoms with Crippen LogP contribution in [-0.4, -0.2) is 53.5 Å². The van der Waals surface area contributed by atoms with Crippen molar-refractivity contribution in [1.29, 1.82) is 0 Å². The van der Waals surface area contributed by atoms with Gasteiger partial charge in [0, 0.05) is 45.3 Å². The van der Waals surface area contributed by atoms with E-state index in [0.29, 0.717) is 6.04 Å². The fourth-order valence-electron chi connectivity index (χ4n) is 2.82. The molecule has 1 aromatic heterocycles. The topological polar surface area (TPSA) is 31.4 Å². The highest BCUT2D eigenvalue weighted by molar-refractivity contribution is 5.11. The lowest BCUT2D eigenvalue weighted by molar-refractivity contribution is 0.0955. The standard InChI is InChI=1S/C17H30N4/c1-4-15(3)21-11-9-20(10-12-21)14-17-8-6-7-16(19-17)13-18-5-2/h6-8,15,18H,4-5,9-14H2,1-3H3. The summed E-state index contributed by atoms with van der Waals surface area (Å²) < 4.78 is 0. The first-order valence-corrected chi connectivity index (χ1v) is 8.34. The predicted molar refractivity (Wildman–Crippen MR) is 88.2 cm³/mol. The van der Waals surface area contributed by atoms with Crippen molar-refractivity contribution in [3.05, 3.63) is 29.6 Å². The van der Waals surface area contributed by atoms with Crippen LogP contribution in [0.25, 0.3) is 0 Å². The van der Waals surface area contributed by atoms with Crippen molar-refractivity contribution in [3.63, 3.8) is 0 Å². The van der Waals surface area contributed by atoms with E-state index in [1.54, 1.807) is 0 Å². The van der Waals surface area contributed by atoms with Crippen molar-refractivity contribution in [1.82, 2.24) is 20.1 Å². The van der Waals surface area contributed by atoms with Gasteiger partial charge in [-0.3, -0.25) is 14.8 Å². The fourth-order valence-corrected chi connectivity index (χ4v) is 2.82. The molecule has 0 saturated carbocycles. The molecule has 0 spiro atoms. The van der Waals surface area contributed by atoms with Crippen LogP contribution in [0.3, 0.4) is 0 Å². The van der Waals surface area contributed by atoms with Crippen molar-refractivity contribution >= 4 is 0 Å². The molecule has 1 aliphatic heterocycles. The van der Waals surface area contributed by atoms with E-state index in [9.17, 15) is 0 Å². The summed E-state index contributed by atoms with van der Waals surface area (Å²) in [6, 6.07) is 7.10. The molecule has 2 rings (SSSR count). The second kappa shape index (κ2) is 8.47. The predicted octanol–water partition coefficient (Wildman–Crippen LogP) is 2.11. The molecule has 4 nitrogen and oxygen atoms in total. The van der Waals surface area contributed by atoms with Gasteiger partial charge in [0.05, 0.1) is 11.4 Å². The Bertz CT molecular complexity index is 413. The number of nitrogens with one attached hydrogen (secondary N) is 1. The van der Waals surface area contributed by atoms with Crippen molar-refractivity contribution in [2.45, 2.75) is 46.3 Å². The lowest BCUT2D eigenvalue weighted by Crippen LogP contribution is -2.49. The van der Waals surface area contributed by atoms with Gasteiger partial charge >= 0.3 is 0 Å². The van der Waals surface area contributed by atoms with Gasteiger partial charge in [-0.2, -0.15) is 0 Å². The number of hydrogen-bond donors (Lipinski definition) is 1. The van der Waals surface area contributed by atoms with Gasteiger partial charge in [-0.1, -0.05) is 19.9 Å². The number of pyridine rings is 1. The molecule has 1 atom stereocenters. The molecule has 4 heteroatoms. The first-order chi connectivity index (χ1) is 10.2. The summed E-state index contributed by atoms with van der Waals surface area (Å²) in [5.41, 5.74) is 2.34. The van der Waals surface area contributed by atoms with E-state index >= 15 is 0 Å². The summed E-state index contributed by atoms with van der Waals surface area (Å²) in [5, 5.41) is 3.34. The Hall–Kier alpha value is -0.970. The smallest absolute Gasteiger partial charge is 0.0547 e. The van der Waals surface area contributed by atoms with Crippen LogP contribution < -0.4 is 5.32 Å². The number of piperazine rings is 1. The molecule has 1 saturated heterocycles. The molecule has 21 heavy (non-hydrogen) atoms.